The van der Waals surface area contributed by atoms with Crippen LogP contribution in [0.5, 0.6) is 5.75 Å². The average molecular weight is 435 g/mol. The molecule has 0 spiro atoms. The van der Waals surface area contributed by atoms with Gasteiger partial charge in [0.15, 0.2) is 17.1 Å². The van der Waals surface area contributed by atoms with Gasteiger partial charge < -0.3 is 14.6 Å². The van der Waals surface area contributed by atoms with Crippen molar-refractivity contribution < 1.29 is 13.9 Å². The third kappa shape index (κ3) is 5.48. The average Bonchev–Trinajstić information content (AvgIpc) is 3.05. The number of benzene rings is 2. The summed E-state index contributed by atoms with van der Waals surface area (Å²) in [5, 5.41) is 12.1. The number of hydrogen-bond acceptors (Lipinski definition) is 5. The van der Waals surface area contributed by atoms with Crippen molar-refractivity contribution in [2.24, 2.45) is 7.05 Å². The highest BCUT2D eigenvalue weighted by atomic mass is 35.5. The molecule has 0 saturated heterocycles. The summed E-state index contributed by atoms with van der Waals surface area (Å²) >= 11 is 7.44. The fourth-order valence-corrected chi connectivity index (χ4v) is 3.49. The summed E-state index contributed by atoms with van der Waals surface area (Å²) < 4.78 is 20.7. The molecule has 0 radical (unpaired) electrons. The lowest BCUT2D eigenvalue weighted by Crippen LogP contribution is -2.15. The van der Waals surface area contributed by atoms with Gasteiger partial charge in [0.25, 0.3) is 0 Å². The van der Waals surface area contributed by atoms with E-state index in [9.17, 15) is 9.18 Å². The third-order valence-electron chi connectivity index (χ3n) is 4.08. The van der Waals surface area contributed by atoms with E-state index in [0.29, 0.717) is 27.4 Å². The van der Waals surface area contributed by atoms with E-state index in [0.717, 1.165) is 5.56 Å². The third-order valence-corrected chi connectivity index (χ3v) is 5.42. The molecule has 6 nitrogen and oxygen atoms in total. The van der Waals surface area contributed by atoms with E-state index in [1.54, 1.807) is 10.6 Å². The smallest absolute Gasteiger partial charge is 0.234 e. The van der Waals surface area contributed by atoms with Gasteiger partial charge in [-0.1, -0.05) is 29.4 Å². The lowest BCUT2D eigenvalue weighted by molar-refractivity contribution is -0.113. The normalized spacial score (nSPS) is 11.9. The molecule has 1 N–H and O–H groups in total. The van der Waals surface area contributed by atoms with Gasteiger partial charge in [0.1, 0.15) is 11.6 Å². The van der Waals surface area contributed by atoms with Gasteiger partial charge in [-0.2, -0.15) is 0 Å². The maximum absolute atomic E-state index is 12.9. The first-order chi connectivity index (χ1) is 13.8. The molecule has 0 saturated carbocycles. The number of nitrogens with zero attached hydrogens (tertiary/aromatic N) is 3. The van der Waals surface area contributed by atoms with Gasteiger partial charge in [0.05, 0.1) is 10.8 Å². The van der Waals surface area contributed by atoms with Crippen molar-refractivity contribution >= 4 is 35.0 Å². The van der Waals surface area contributed by atoms with Crippen molar-refractivity contribution in [2.45, 2.75) is 25.1 Å². The number of carbonyl (C=O) groups excluding carboxylic acids is 1. The van der Waals surface area contributed by atoms with Crippen LogP contribution < -0.4 is 10.1 Å². The van der Waals surface area contributed by atoms with Crippen LogP contribution in [0.15, 0.2) is 47.6 Å². The second-order valence-electron chi connectivity index (χ2n) is 6.44. The van der Waals surface area contributed by atoms with Gasteiger partial charge in [-0.25, -0.2) is 4.39 Å². The molecule has 1 heterocycles. The Balaban J connectivity index is 1.60. The van der Waals surface area contributed by atoms with Gasteiger partial charge >= 0.3 is 0 Å². The van der Waals surface area contributed by atoms with Crippen molar-refractivity contribution in [1.29, 1.82) is 0 Å². The number of nitrogens with one attached hydrogen (secondary N) is 1. The number of rotatable bonds is 7. The van der Waals surface area contributed by atoms with Crippen molar-refractivity contribution in [2.75, 3.05) is 11.1 Å². The zero-order valence-electron chi connectivity index (χ0n) is 16.1. The lowest BCUT2D eigenvalue weighted by atomic mass is 10.2. The summed E-state index contributed by atoms with van der Waals surface area (Å²) in [5.41, 5.74) is 1.57. The summed E-state index contributed by atoms with van der Waals surface area (Å²) in [7, 11) is 1.81. The van der Waals surface area contributed by atoms with Gasteiger partial charge in [-0.3, -0.25) is 4.79 Å². The molecule has 3 rings (SSSR count). The molecule has 0 aliphatic carbocycles. The van der Waals surface area contributed by atoms with Crippen LogP contribution in [0.1, 0.15) is 24.4 Å². The molecule has 1 atom stereocenters. The molecule has 9 heteroatoms. The fourth-order valence-electron chi connectivity index (χ4n) is 2.61. The van der Waals surface area contributed by atoms with Crippen molar-refractivity contribution in [3.05, 3.63) is 64.7 Å². The van der Waals surface area contributed by atoms with Crippen LogP contribution in [-0.4, -0.2) is 26.4 Å². The topological polar surface area (TPSA) is 69.0 Å². The number of aromatic nitrogens is 3. The Morgan fingerprint density at radius 1 is 1.28 bits per heavy atom. The van der Waals surface area contributed by atoms with E-state index in [1.165, 1.54) is 36.0 Å². The van der Waals surface area contributed by atoms with E-state index >= 15 is 0 Å². The van der Waals surface area contributed by atoms with Crippen molar-refractivity contribution in [3.8, 4) is 5.75 Å². The van der Waals surface area contributed by atoms with Crippen molar-refractivity contribution in [1.82, 2.24) is 14.8 Å². The number of hydrogen-bond donors (Lipinski definition) is 1. The summed E-state index contributed by atoms with van der Waals surface area (Å²) in [6.07, 6.45) is -0.380. The van der Waals surface area contributed by atoms with Crippen LogP contribution >= 0.6 is 23.4 Å². The second-order valence-corrected chi connectivity index (χ2v) is 7.79. The summed E-state index contributed by atoms with van der Waals surface area (Å²) in [6.45, 7) is 3.82. The van der Waals surface area contributed by atoms with Crippen LogP contribution in [-0.2, 0) is 11.8 Å². The molecule has 29 heavy (non-hydrogen) atoms. The molecule has 0 bridgehead atoms. The number of thioether (sulfide) groups is 1. The Morgan fingerprint density at radius 3 is 2.72 bits per heavy atom. The first-order valence-electron chi connectivity index (χ1n) is 8.84. The minimum absolute atomic E-state index is 0.141. The number of ether oxygens (including phenoxy) is 1. The Hall–Kier alpha value is -2.58. The Labute approximate surface area is 177 Å². The van der Waals surface area contributed by atoms with Gasteiger partial charge in [-0.15, -0.1) is 10.2 Å². The number of aryl methyl sites for hydroxylation is 1. The highest BCUT2D eigenvalue weighted by Crippen LogP contribution is 2.30. The highest BCUT2D eigenvalue weighted by Gasteiger charge is 2.19. The van der Waals surface area contributed by atoms with Gasteiger partial charge in [0.2, 0.25) is 5.91 Å². The van der Waals surface area contributed by atoms with Crippen LogP contribution in [0.2, 0.25) is 5.02 Å². The molecule has 1 amide bonds. The number of amides is 1. The SMILES string of the molecule is Cc1ccc(Cl)c(OC(C)c2nnc(SCC(=O)Nc3ccc(F)cc3)n2C)c1. The van der Waals surface area contributed by atoms with E-state index in [-0.39, 0.29) is 23.6 Å². The summed E-state index contributed by atoms with van der Waals surface area (Å²) in [5.74, 6) is 0.760. The molecule has 1 aromatic heterocycles. The fraction of sp³-hybridized carbons (Fsp3) is 0.250. The molecule has 152 valence electrons. The standard InChI is InChI=1S/C20H20ClFN4O2S/c1-12-4-9-16(21)17(10-12)28-13(2)19-24-25-20(26(19)3)29-11-18(27)23-15-7-5-14(22)6-8-15/h4-10,13H,11H2,1-3H3,(H,23,27). The molecule has 0 aliphatic rings. The minimum Gasteiger partial charge on any atom is -0.481 e. The Bertz CT molecular complexity index is 1010. The molecule has 0 fully saturated rings. The van der Waals surface area contributed by atoms with E-state index in [2.05, 4.69) is 15.5 Å². The largest absolute Gasteiger partial charge is 0.481 e. The van der Waals surface area contributed by atoms with E-state index in [4.69, 9.17) is 16.3 Å². The molecular weight excluding hydrogens is 415 g/mol. The van der Waals surface area contributed by atoms with E-state index < -0.39 is 0 Å². The number of anilines is 1. The van der Waals surface area contributed by atoms with Gasteiger partial charge in [-0.05, 0) is 55.8 Å². The maximum atomic E-state index is 12.9. The number of halogens is 2. The van der Waals surface area contributed by atoms with Crippen LogP contribution in [0.25, 0.3) is 0 Å². The van der Waals surface area contributed by atoms with Crippen LogP contribution in [0, 0.1) is 12.7 Å². The maximum Gasteiger partial charge on any atom is 0.234 e. The van der Waals surface area contributed by atoms with Crippen molar-refractivity contribution in [3.63, 3.8) is 0 Å². The number of carbonyl (C=O) groups is 1. The quantitative estimate of drug-likeness (QED) is 0.541. The Kier molecular flexibility index (Phi) is 6.76. The minimum atomic E-state index is -0.380. The molecule has 0 aliphatic heterocycles. The monoisotopic (exact) mass is 434 g/mol. The molecule has 2 aromatic carbocycles. The van der Waals surface area contributed by atoms with Gasteiger partial charge in [0, 0.05) is 12.7 Å². The Morgan fingerprint density at radius 2 is 2.00 bits per heavy atom. The predicted molar refractivity (Wildman–Crippen MR) is 112 cm³/mol. The zero-order chi connectivity index (χ0) is 21.0. The summed E-state index contributed by atoms with van der Waals surface area (Å²) in [4.78, 5) is 12.1. The molecule has 3 aromatic rings. The van der Waals surface area contributed by atoms with Crippen LogP contribution in [0.3, 0.4) is 0 Å². The molecular formula is C20H20ClFN4O2S. The first kappa shape index (κ1) is 21.1. The molecule has 1 unspecified atom stereocenters. The first-order valence-corrected chi connectivity index (χ1v) is 10.2. The van der Waals surface area contributed by atoms with E-state index in [1.807, 2.05) is 33.0 Å². The lowest BCUT2D eigenvalue weighted by Gasteiger charge is -2.15. The second kappa shape index (κ2) is 9.28. The summed E-state index contributed by atoms with van der Waals surface area (Å²) in [6, 6.07) is 11.2. The van der Waals surface area contributed by atoms with Crippen LogP contribution in [0.4, 0.5) is 10.1 Å². The zero-order valence-corrected chi connectivity index (χ0v) is 17.7. The predicted octanol–water partition coefficient (Wildman–Crippen LogP) is 4.79. The highest BCUT2D eigenvalue weighted by molar-refractivity contribution is 7.99.